The molecule has 2 aromatic rings. The van der Waals surface area contributed by atoms with E-state index in [2.05, 4.69) is 13.2 Å². The molecule has 1 spiro atoms. The zero-order valence-corrected chi connectivity index (χ0v) is 25.2. The third kappa shape index (κ3) is 5.01. The minimum Gasteiger partial charge on any atom is -0.494 e. The van der Waals surface area contributed by atoms with E-state index in [1.54, 1.807) is 58.0 Å². The normalized spacial score (nSPS) is 25.7. The van der Waals surface area contributed by atoms with Crippen molar-refractivity contribution in [3.63, 3.8) is 0 Å². The van der Waals surface area contributed by atoms with Gasteiger partial charge in [-0.15, -0.1) is 24.9 Å². The number of carbonyl (C=O) groups is 3. The number of fused-ring (bicyclic) bond motifs is 1. The van der Waals surface area contributed by atoms with Gasteiger partial charge in [0, 0.05) is 30.6 Å². The van der Waals surface area contributed by atoms with E-state index in [0.717, 1.165) is 0 Å². The fourth-order valence-corrected chi connectivity index (χ4v) is 9.28. The van der Waals surface area contributed by atoms with Crippen molar-refractivity contribution in [1.82, 2.24) is 4.90 Å². The number of aliphatic hydroxyl groups excluding tert-OH is 1. The molecule has 5 atom stereocenters. The molecule has 1 N–H and O–H groups in total. The molecule has 2 bridgehead atoms. The molecule has 5 rings (SSSR count). The Balaban J connectivity index is 1.52. The third-order valence-electron chi connectivity index (χ3n) is 8.42. The fraction of sp³-hybridized carbons (Fsp3) is 0.406. The zero-order chi connectivity index (χ0) is 30.0. The highest BCUT2D eigenvalue weighted by molar-refractivity contribution is 8.02. The van der Waals surface area contributed by atoms with E-state index < -0.39 is 22.6 Å². The summed E-state index contributed by atoms with van der Waals surface area (Å²) in [5.74, 6) is -1.32. The summed E-state index contributed by atoms with van der Waals surface area (Å²) >= 11 is 8.10. The number of carbonyl (C=O) groups excluding carboxylic acids is 3. The maximum atomic E-state index is 14.5. The van der Waals surface area contributed by atoms with E-state index in [1.165, 1.54) is 4.90 Å². The number of anilines is 2. The standard InChI is InChI=1S/C32H36ClN3O5S/c1-4-17-34(21-11-13-22(14-12-21)41-6-3)29(38)26-25-15-16-32(42-25)27(26)30(39)36(19-20-37)28(32)31(40)35(18-5-2)24-10-8-7-9-23(24)33/h4-5,7-14,25-28,37H,1-2,6,15-20H2,3H3/t25-,26+,27-,28?,32?/m0/s1. The molecular formula is C32H36ClN3O5S. The summed E-state index contributed by atoms with van der Waals surface area (Å²) in [6.07, 6.45) is 4.62. The van der Waals surface area contributed by atoms with E-state index in [0.29, 0.717) is 41.6 Å². The van der Waals surface area contributed by atoms with Gasteiger partial charge >= 0.3 is 0 Å². The number of aliphatic hydroxyl groups is 1. The molecule has 42 heavy (non-hydrogen) atoms. The number of ether oxygens (including phenoxy) is 1. The van der Waals surface area contributed by atoms with E-state index in [9.17, 15) is 19.5 Å². The van der Waals surface area contributed by atoms with Crippen molar-refractivity contribution < 1.29 is 24.2 Å². The predicted octanol–water partition coefficient (Wildman–Crippen LogP) is 4.56. The van der Waals surface area contributed by atoms with Crippen molar-refractivity contribution in [3.05, 3.63) is 78.9 Å². The number of para-hydroxylation sites is 1. The van der Waals surface area contributed by atoms with Crippen molar-refractivity contribution in [2.24, 2.45) is 11.8 Å². The highest BCUT2D eigenvalue weighted by Crippen LogP contribution is 2.66. The molecule has 222 valence electrons. The average Bonchev–Trinajstić information content (AvgIpc) is 3.63. The number of rotatable bonds is 12. The van der Waals surface area contributed by atoms with Crippen molar-refractivity contribution in [2.45, 2.75) is 35.8 Å². The van der Waals surface area contributed by atoms with Gasteiger partial charge in [0.05, 0.1) is 40.5 Å². The van der Waals surface area contributed by atoms with Crippen LogP contribution in [0.1, 0.15) is 19.8 Å². The Morgan fingerprint density at radius 1 is 1.12 bits per heavy atom. The van der Waals surface area contributed by atoms with E-state index in [4.69, 9.17) is 16.3 Å². The minimum atomic E-state index is -0.857. The van der Waals surface area contributed by atoms with Crippen LogP contribution in [0.4, 0.5) is 11.4 Å². The first-order chi connectivity index (χ1) is 20.3. The molecule has 3 heterocycles. The SMILES string of the molecule is C=CCN(C(=O)[C@@H]1[C@@H]2CCC3(S2)C(C(=O)N(CC=C)c2ccccc2Cl)N(CCO)C(=O)[C@H]13)c1ccc(OCC)cc1. The van der Waals surface area contributed by atoms with E-state index in [-0.39, 0.29) is 49.2 Å². The van der Waals surface area contributed by atoms with Gasteiger partial charge in [0.25, 0.3) is 5.91 Å². The van der Waals surface area contributed by atoms with Gasteiger partial charge in [-0.25, -0.2) is 0 Å². The Hall–Kier alpha value is -3.27. The lowest BCUT2D eigenvalue weighted by Crippen LogP contribution is -2.55. The zero-order valence-electron chi connectivity index (χ0n) is 23.7. The quantitative estimate of drug-likeness (QED) is 0.355. The first kappa shape index (κ1) is 30.2. The second kappa shape index (κ2) is 12.5. The Morgan fingerprint density at radius 2 is 1.81 bits per heavy atom. The number of β-amino-alcohol motifs (C(OH)–C–C–N with tert-alkyl or cyclic N) is 1. The maximum absolute atomic E-state index is 14.5. The number of thioether (sulfide) groups is 1. The van der Waals surface area contributed by atoms with Crippen molar-refractivity contribution in [3.8, 4) is 5.75 Å². The van der Waals surface area contributed by atoms with Crippen LogP contribution >= 0.6 is 23.4 Å². The van der Waals surface area contributed by atoms with E-state index >= 15 is 0 Å². The molecule has 3 fully saturated rings. The van der Waals surface area contributed by atoms with Gasteiger partial charge in [-0.2, -0.15) is 0 Å². The first-order valence-corrected chi connectivity index (χ1v) is 15.5. The molecule has 8 nitrogen and oxygen atoms in total. The van der Waals surface area contributed by atoms with Crippen LogP contribution in [0, 0.1) is 11.8 Å². The lowest BCUT2D eigenvalue weighted by Gasteiger charge is -2.37. The molecule has 3 amide bonds. The molecule has 2 aromatic carbocycles. The molecule has 3 saturated heterocycles. The fourth-order valence-electron chi connectivity index (χ4n) is 6.84. The molecular weight excluding hydrogens is 574 g/mol. The third-order valence-corrected chi connectivity index (χ3v) is 10.7. The summed E-state index contributed by atoms with van der Waals surface area (Å²) in [6, 6.07) is 13.5. The molecule has 10 heteroatoms. The number of amides is 3. The molecule has 2 unspecified atom stereocenters. The summed E-state index contributed by atoms with van der Waals surface area (Å²) in [4.78, 5) is 47.7. The van der Waals surface area contributed by atoms with E-state index in [1.807, 2.05) is 31.2 Å². The van der Waals surface area contributed by atoms with Crippen molar-refractivity contribution >= 4 is 52.5 Å². The smallest absolute Gasteiger partial charge is 0.251 e. The monoisotopic (exact) mass is 609 g/mol. The number of benzene rings is 2. The van der Waals surface area contributed by atoms with Gasteiger partial charge in [0.1, 0.15) is 11.8 Å². The van der Waals surface area contributed by atoms with Crippen LogP contribution in [-0.4, -0.2) is 76.6 Å². The summed E-state index contributed by atoms with van der Waals surface area (Å²) in [7, 11) is 0. The Bertz CT molecular complexity index is 1370. The number of likely N-dealkylation sites (tertiary alicyclic amines) is 1. The Labute approximate surface area is 255 Å². The average molecular weight is 610 g/mol. The molecule has 3 aliphatic rings. The van der Waals surface area contributed by atoms with Crippen LogP contribution in [0.5, 0.6) is 5.75 Å². The number of hydrogen-bond acceptors (Lipinski definition) is 6. The van der Waals surface area contributed by atoms with Crippen molar-refractivity contribution in [2.75, 3.05) is 42.6 Å². The Kier molecular flexibility index (Phi) is 9.01. The number of hydrogen-bond donors (Lipinski definition) is 1. The lowest BCUT2D eigenvalue weighted by molar-refractivity contribution is -0.139. The summed E-state index contributed by atoms with van der Waals surface area (Å²) < 4.78 is 4.77. The van der Waals surface area contributed by atoms with Gasteiger partial charge in [-0.3, -0.25) is 14.4 Å². The van der Waals surface area contributed by atoms with Crippen LogP contribution < -0.4 is 14.5 Å². The Morgan fingerprint density at radius 3 is 2.45 bits per heavy atom. The summed E-state index contributed by atoms with van der Waals surface area (Å²) in [6.45, 7) is 10.3. The second-order valence-electron chi connectivity index (χ2n) is 10.7. The maximum Gasteiger partial charge on any atom is 0.251 e. The van der Waals surface area contributed by atoms with Gasteiger partial charge in [-0.1, -0.05) is 35.9 Å². The molecule has 3 aliphatic heterocycles. The van der Waals surface area contributed by atoms with Crippen LogP contribution in [0.2, 0.25) is 5.02 Å². The van der Waals surface area contributed by atoms with Crippen LogP contribution in [0.25, 0.3) is 0 Å². The van der Waals surface area contributed by atoms with Gasteiger partial charge in [0.15, 0.2) is 0 Å². The second-order valence-corrected chi connectivity index (χ2v) is 12.7. The van der Waals surface area contributed by atoms with Gasteiger partial charge in [0.2, 0.25) is 11.8 Å². The highest BCUT2D eigenvalue weighted by atomic mass is 35.5. The van der Waals surface area contributed by atoms with Crippen LogP contribution in [0.3, 0.4) is 0 Å². The first-order valence-electron chi connectivity index (χ1n) is 14.2. The topological polar surface area (TPSA) is 90.4 Å². The molecule has 0 saturated carbocycles. The number of nitrogens with zero attached hydrogens (tertiary/aromatic N) is 3. The van der Waals surface area contributed by atoms with Crippen LogP contribution in [-0.2, 0) is 14.4 Å². The molecule has 0 aliphatic carbocycles. The molecule has 0 radical (unpaired) electrons. The van der Waals surface area contributed by atoms with Gasteiger partial charge < -0.3 is 24.5 Å². The summed E-state index contributed by atoms with van der Waals surface area (Å²) in [5, 5.41) is 10.3. The number of halogens is 1. The van der Waals surface area contributed by atoms with Crippen molar-refractivity contribution in [1.29, 1.82) is 0 Å². The van der Waals surface area contributed by atoms with Crippen LogP contribution in [0.15, 0.2) is 73.8 Å². The predicted molar refractivity (Wildman–Crippen MR) is 167 cm³/mol. The minimum absolute atomic E-state index is 0.000654. The largest absolute Gasteiger partial charge is 0.494 e. The lowest BCUT2D eigenvalue weighted by atomic mass is 9.70. The highest BCUT2D eigenvalue weighted by Gasteiger charge is 2.74. The van der Waals surface area contributed by atoms with Gasteiger partial charge in [-0.05, 0) is 56.2 Å². The summed E-state index contributed by atoms with van der Waals surface area (Å²) in [5.41, 5.74) is 1.21. The molecule has 0 aromatic heterocycles.